The van der Waals surface area contributed by atoms with Crippen LogP contribution < -0.4 is 10.6 Å². The molecule has 1 amide bonds. The Kier molecular flexibility index (Phi) is 10.6. The highest BCUT2D eigenvalue weighted by Crippen LogP contribution is 1.89. The molecule has 0 saturated heterocycles. The summed E-state index contributed by atoms with van der Waals surface area (Å²) < 4.78 is 9.32. The summed E-state index contributed by atoms with van der Waals surface area (Å²) in [6.45, 7) is 2.39. The molecule has 0 fully saturated rings. The molecule has 0 saturated carbocycles. The predicted molar refractivity (Wildman–Crippen MR) is 63.6 cm³/mol. The van der Waals surface area contributed by atoms with E-state index in [-0.39, 0.29) is 11.9 Å². The third kappa shape index (κ3) is 11.1. The second-order valence-electron chi connectivity index (χ2n) is 3.52. The first-order valence-electron chi connectivity index (χ1n) is 5.74. The van der Waals surface area contributed by atoms with E-state index in [0.29, 0.717) is 39.1 Å². The highest BCUT2D eigenvalue weighted by molar-refractivity contribution is 5.76. The summed E-state index contributed by atoms with van der Waals surface area (Å²) in [5.41, 5.74) is 0. The smallest absolute Gasteiger partial charge is 0.305 e. The minimum Gasteiger partial charge on any atom is -0.469 e. The van der Waals surface area contributed by atoms with Crippen molar-refractivity contribution in [2.24, 2.45) is 0 Å². The molecule has 6 heteroatoms. The van der Waals surface area contributed by atoms with Crippen LogP contribution in [0, 0.1) is 0 Å². The van der Waals surface area contributed by atoms with E-state index in [4.69, 9.17) is 4.74 Å². The van der Waals surface area contributed by atoms with Crippen LogP contribution in [0.15, 0.2) is 0 Å². The largest absolute Gasteiger partial charge is 0.469 e. The molecule has 100 valence electrons. The van der Waals surface area contributed by atoms with Gasteiger partial charge in [-0.05, 0) is 13.0 Å². The van der Waals surface area contributed by atoms with Crippen LogP contribution in [-0.2, 0) is 19.1 Å². The number of rotatable bonds is 10. The summed E-state index contributed by atoms with van der Waals surface area (Å²) in [6, 6.07) is 0. The molecule has 0 aromatic carbocycles. The third-order valence-electron chi connectivity index (χ3n) is 2.12. The van der Waals surface area contributed by atoms with Gasteiger partial charge in [0, 0.05) is 33.0 Å². The lowest BCUT2D eigenvalue weighted by atomic mass is 10.3. The lowest BCUT2D eigenvalue weighted by Crippen LogP contribution is -2.30. The fourth-order valence-electron chi connectivity index (χ4n) is 1.17. The number of carbonyl (C=O) groups is 2. The van der Waals surface area contributed by atoms with Gasteiger partial charge in [-0.25, -0.2) is 0 Å². The van der Waals surface area contributed by atoms with Crippen LogP contribution in [0.25, 0.3) is 0 Å². The topological polar surface area (TPSA) is 76.7 Å². The molecule has 6 nitrogen and oxygen atoms in total. The van der Waals surface area contributed by atoms with Crippen molar-refractivity contribution in [3.8, 4) is 0 Å². The molecule has 0 bridgehead atoms. The van der Waals surface area contributed by atoms with Gasteiger partial charge in [0.1, 0.15) is 0 Å². The normalized spacial score (nSPS) is 10.0. The van der Waals surface area contributed by atoms with E-state index in [2.05, 4.69) is 15.4 Å². The van der Waals surface area contributed by atoms with Crippen molar-refractivity contribution >= 4 is 11.9 Å². The molecule has 0 radical (unpaired) electrons. The van der Waals surface area contributed by atoms with Crippen LogP contribution in [0.4, 0.5) is 0 Å². The van der Waals surface area contributed by atoms with Gasteiger partial charge in [0.05, 0.1) is 13.7 Å². The number of ether oxygens (including phenoxy) is 2. The van der Waals surface area contributed by atoms with Gasteiger partial charge in [-0.3, -0.25) is 9.59 Å². The van der Waals surface area contributed by atoms with E-state index in [1.807, 2.05) is 0 Å². The monoisotopic (exact) mass is 246 g/mol. The lowest BCUT2D eigenvalue weighted by molar-refractivity contribution is -0.140. The van der Waals surface area contributed by atoms with Crippen LogP contribution >= 0.6 is 0 Å². The molecule has 0 aliphatic rings. The minimum atomic E-state index is -0.205. The number of hydrogen-bond donors (Lipinski definition) is 2. The number of amides is 1. The Morgan fingerprint density at radius 2 is 1.82 bits per heavy atom. The highest BCUT2D eigenvalue weighted by Gasteiger charge is 2.01. The zero-order valence-electron chi connectivity index (χ0n) is 10.6. The summed E-state index contributed by atoms with van der Waals surface area (Å²) >= 11 is 0. The zero-order chi connectivity index (χ0) is 12.9. The molecule has 0 heterocycles. The number of nitrogens with one attached hydrogen (secondary N) is 2. The maximum absolute atomic E-state index is 11.2. The van der Waals surface area contributed by atoms with E-state index < -0.39 is 0 Å². The molecule has 0 aromatic rings. The fraction of sp³-hybridized carbons (Fsp3) is 0.818. The third-order valence-corrected chi connectivity index (χ3v) is 2.12. The van der Waals surface area contributed by atoms with Crippen molar-refractivity contribution < 1.29 is 19.1 Å². The zero-order valence-corrected chi connectivity index (χ0v) is 10.6. The van der Waals surface area contributed by atoms with E-state index >= 15 is 0 Å². The number of methoxy groups -OCH3 is 2. The van der Waals surface area contributed by atoms with Gasteiger partial charge in [-0.15, -0.1) is 0 Å². The highest BCUT2D eigenvalue weighted by atomic mass is 16.5. The Morgan fingerprint density at radius 1 is 1.06 bits per heavy atom. The standard InChI is InChI=1S/C11H22N2O4/c1-16-9-8-13-10(14)5-7-12-6-3-4-11(15)17-2/h12H,3-9H2,1-2H3,(H,13,14). The molecular formula is C11H22N2O4. The Hall–Kier alpha value is -1.14. The van der Waals surface area contributed by atoms with E-state index in [9.17, 15) is 9.59 Å². The first-order chi connectivity index (χ1) is 8.20. The van der Waals surface area contributed by atoms with Crippen molar-refractivity contribution in [1.82, 2.24) is 10.6 Å². The molecule has 0 atom stereocenters. The molecule has 2 N–H and O–H groups in total. The van der Waals surface area contributed by atoms with E-state index in [0.717, 1.165) is 6.42 Å². The average Bonchev–Trinajstić information content (AvgIpc) is 2.33. The van der Waals surface area contributed by atoms with Gasteiger partial charge >= 0.3 is 5.97 Å². The van der Waals surface area contributed by atoms with Gasteiger partial charge < -0.3 is 20.1 Å². The number of carbonyl (C=O) groups excluding carboxylic acids is 2. The SMILES string of the molecule is COCCNC(=O)CCNCCCC(=O)OC. The second kappa shape index (κ2) is 11.3. The summed E-state index contributed by atoms with van der Waals surface area (Å²) in [6.07, 6.45) is 1.56. The molecule has 17 heavy (non-hydrogen) atoms. The fourth-order valence-corrected chi connectivity index (χ4v) is 1.17. The van der Waals surface area contributed by atoms with E-state index in [1.165, 1.54) is 7.11 Å². The number of hydrogen-bond acceptors (Lipinski definition) is 5. The Balaban J connectivity index is 3.22. The predicted octanol–water partition coefficient (Wildman–Crippen LogP) is -0.318. The Morgan fingerprint density at radius 3 is 2.47 bits per heavy atom. The molecule has 0 aromatic heterocycles. The second-order valence-corrected chi connectivity index (χ2v) is 3.52. The summed E-state index contributed by atoms with van der Waals surface area (Å²) in [4.78, 5) is 22.0. The van der Waals surface area contributed by atoms with E-state index in [1.54, 1.807) is 7.11 Å². The number of esters is 1. The van der Waals surface area contributed by atoms with Crippen molar-refractivity contribution in [3.63, 3.8) is 0 Å². The molecular weight excluding hydrogens is 224 g/mol. The first kappa shape index (κ1) is 15.9. The summed E-state index contributed by atoms with van der Waals surface area (Å²) in [5, 5.41) is 5.81. The lowest BCUT2D eigenvalue weighted by Gasteiger charge is -2.05. The minimum absolute atomic E-state index is 0.00233. The first-order valence-corrected chi connectivity index (χ1v) is 5.74. The van der Waals surface area contributed by atoms with Crippen molar-refractivity contribution in [2.45, 2.75) is 19.3 Å². The van der Waals surface area contributed by atoms with Crippen LogP contribution in [0.1, 0.15) is 19.3 Å². The van der Waals surface area contributed by atoms with Crippen molar-refractivity contribution in [2.75, 3.05) is 40.5 Å². The van der Waals surface area contributed by atoms with Crippen LogP contribution in [-0.4, -0.2) is 52.3 Å². The van der Waals surface area contributed by atoms with Crippen molar-refractivity contribution in [3.05, 3.63) is 0 Å². The summed E-state index contributed by atoms with van der Waals surface area (Å²) in [5.74, 6) is -0.202. The van der Waals surface area contributed by atoms with Crippen LogP contribution in [0.3, 0.4) is 0 Å². The Bertz CT molecular complexity index is 222. The van der Waals surface area contributed by atoms with Gasteiger partial charge in [0.15, 0.2) is 0 Å². The maximum atomic E-state index is 11.2. The Labute approximate surface area is 102 Å². The summed E-state index contributed by atoms with van der Waals surface area (Å²) in [7, 11) is 2.97. The molecule has 0 aliphatic heterocycles. The van der Waals surface area contributed by atoms with Crippen molar-refractivity contribution in [1.29, 1.82) is 0 Å². The molecule has 0 spiro atoms. The quantitative estimate of drug-likeness (QED) is 0.408. The molecule has 0 aliphatic carbocycles. The molecule has 0 unspecified atom stereocenters. The van der Waals surface area contributed by atoms with Gasteiger partial charge in [-0.1, -0.05) is 0 Å². The average molecular weight is 246 g/mol. The van der Waals surface area contributed by atoms with Gasteiger partial charge in [-0.2, -0.15) is 0 Å². The van der Waals surface area contributed by atoms with Crippen LogP contribution in [0.2, 0.25) is 0 Å². The van der Waals surface area contributed by atoms with Gasteiger partial charge in [0.25, 0.3) is 0 Å². The maximum Gasteiger partial charge on any atom is 0.305 e. The van der Waals surface area contributed by atoms with Gasteiger partial charge in [0.2, 0.25) is 5.91 Å². The van der Waals surface area contributed by atoms with Crippen LogP contribution in [0.5, 0.6) is 0 Å². The molecule has 0 rings (SSSR count).